The van der Waals surface area contributed by atoms with Crippen molar-refractivity contribution < 1.29 is 9.53 Å². The largest absolute Gasteiger partial charge is 0.379 e. The van der Waals surface area contributed by atoms with Crippen LogP contribution in [0, 0.1) is 0 Å². The summed E-state index contributed by atoms with van der Waals surface area (Å²) >= 11 is 0. The van der Waals surface area contributed by atoms with Crippen molar-refractivity contribution in [3.05, 3.63) is 43.5 Å². The molecule has 3 aromatic heterocycles. The Labute approximate surface area is 169 Å². The monoisotopic (exact) mass is 417 g/mol. The smallest absolute Gasteiger partial charge is 0.332 e. The topological polar surface area (TPSA) is 125 Å². The number of hydrogen-bond donors (Lipinski definition) is 1. The molecule has 4 rings (SSSR count). The lowest BCUT2D eigenvalue weighted by molar-refractivity contribution is -0.121. The molecule has 1 aliphatic rings. The van der Waals surface area contributed by atoms with E-state index < -0.39 is 16.8 Å². The number of nitrogens with one attached hydrogen (secondary N) is 1. The fraction of sp³-hybridized carbons (Fsp3) is 0.500. The Hall–Kier alpha value is -3.25. The van der Waals surface area contributed by atoms with Crippen LogP contribution in [-0.4, -0.2) is 73.3 Å². The van der Waals surface area contributed by atoms with E-state index >= 15 is 0 Å². The number of carbonyl (C=O) groups is 1. The predicted molar refractivity (Wildman–Crippen MR) is 108 cm³/mol. The number of nitrogens with zero attached hydrogens (tertiary/aromatic N) is 6. The van der Waals surface area contributed by atoms with E-state index in [0.29, 0.717) is 26.3 Å². The highest BCUT2D eigenvalue weighted by Crippen LogP contribution is 2.10. The van der Waals surface area contributed by atoms with Gasteiger partial charge in [0.05, 0.1) is 13.2 Å². The van der Waals surface area contributed by atoms with E-state index in [4.69, 9.17) is 4.74 Å². The van der Waals surface area contributed by atoms with Crippen LogP contribution in [0.15, 0.2) is 26.6 Å². The quantitative estimate of drug-likeness (QED) is 0.486. The Morgan fingerprint density at radius 2 is 1.90 bits per heavy atom. The second-order valence-electron chi connectivity index (χ2n) is 7.20. The number of imidazole rings is 1. The van der Waals surface area contributed by atoms with Crippen molar-refractivity contribution in [3.63, 3.8) is 0 Å². The van der Waals surface area contributed by atoms with Gasteiger partial charge in [0.2, 0.25) is 11.7 Å². The third kappa shape index (κ3) is 3.44. The third-order valence-electron chi connectivity index (χ3n) is 5.30. The molecule has 1 N–H and O–H groups in total. The van der Waals surface area contributed by atoms with Gasteiger partial charge in [0.15, 0.2) is 11.2 Å². The first-order valence-corrected chi connectivity index (χ1v) is 9.63. The van der Waals surface area contributed by atoms with Gasteiger partial charge in [0.25, 0.3) is 11.1 Å². The van der Waals surface area contributed by atoms with E-state index in [1.165, 1.54) is 39.9 Å². The zero-order valence-corrected chi connectivity index (χ0v) is 16.8. The Morgan fingerprint density at radius 1 is 1.17 bits per heavy atom. The van der Waals surface area contributed by atoms with Gasteiger partial charge < -0.3 is 10.1 Å². The summed E-state index contributed by atoms with van der Waals surface area (Å²) < 4.78 is 10.1. The molecule has 1 amide bonds. The average Bonchev–Trinajstić information content (AvgIpc) is 3.13. The molecule has 1 saturated heterocycles. The van der Waals surface area contributed by atoms with Crippen LogP contribution >= 0.6 is 0 Å². The number of aryl methyl sites for hydroxylation is 1. The first kappa shape index (κ1) is 20.0. The lowest BCUT2D eigenvalue weighted by Crippen LogP contribution is -2.42. The van der Waals surface area contributed by atoms with Gasteiger partial charge in [-0.25, -0.2) is 4.79 Å². The lowest BCUT2D eigenvalue weighted by atomic mass is 10.4. The van der Waals surface area contributed by atoms with Crippen LogP contribution in [-0.2, 0) is 30.2 Å². The van der Waals surface area contributed by atoms with Gasteiger partial charge in [-0.2, -0.15) is 4.98 Å². The Bertz CT molecular complexity index is 1290. The van der Waals surface area contributed by atoms with Gasteiger partial charge in [-0.3, -0.25) is 37.4 Å². The molecule has 0 radical (unpaired) electrons. The van der Waals surface area contributed by atoms with Gasteiger partial charge in [0.1, 0.15) is 6.54 Å². The zero-order chi connectivity index (χ0) is 21.4. The average molecular weight is 417 g/mol. The molecule has 12 heteroatoms. The molecule has 160 valence electrons. The van der Waals surface area contributed by atoms with Crippen LogP contribution < -0.4 is 22.1 Å². The minimum Gasteiger partial charge on any atom is -0.379 e. The second-order valence-corrected chi connectivity index (χ2v) is 7.20. The summed E-state index contributed by atoms with van der Waals surface area (Å²) in [4.78, 5) is 56.2. The molecular weight excluding hydrogens is 394 g/mol. The molecule has 3 aromatic rings. The molecule has 12 nitrogen and oxygen atoms in total. The summed E-state index contributed by atoms with van der Waals surface area (Å²) in [6, 6.07) is 1.26. The van der Waals surface area contributed by atoms with Gasteiger partial charge in [0, 0.05) is 52.5 Å². The van der Waals surface area contributed by atoms with E-state index in [9.17, 15) is 19.2 Å². The number of rotatable bonds is 5. The standard InChI is InChI=1S/C18H23N7O5/c1-21-15-14(16(28)22(2)18(21)29)24-5-3-13(27)25(17(24)20-15)11-12(26)19-4-6-23-7-9-30-10-8-23/h3,5H,4,6-11H2,1-2H3,(H,19,26). The molecule has 0 aromatic carbocycles. The molecule has 30 heavy (non-hydrogen) atoms. The fourth-order valence-corrected chi connectivity index (χ4v) is 3.59. The van der Waals surface area contributed by atoms with Crippen LogP contribution in [0.25, 0.3) is 16.9 Å². The van der Waals surface area contributed by atoms with Crippen molar-refractivity contribution in [1.29, 1.82) is 0 Å². The molecule has 0 bridgehead atoms. The number of aromatic nitrogens is 5. The molecule has 0 saturated carbocycles. The zero-order valence-electron chi connectivity index (χ0n) is 16.8. The van der Waals surface area contributed by atoms with Crippen molar-refractivity contribution in [3.8, 4) is 0 Å². The lowest BCUT2D eigenvalue weighted by Gasteiger charge is -2.26. The number of carbonyl (C=O) groups excluding carboxylic acids is 1. The first-order valence-electron chi connectivity index (χ1n) is 9.63. The van der Waals surface area contributed by atoms with Crippen molar-refractivity contribution in [2.75, 3.05) is 39.4 Å². The van der Waals surface area contributed by atoms with Crippen LogP contribution in [0.4, 0.5) is 0 Å². The Kier molecular flexibility index (Phi) is 5.26. The van der Waals surface area contributed by atoms with E-state index in [1.807, 2.05) is 0 Å². The molecular formula is C18H23N7O5. The number of hydrogen-bond acceptors (Lipinski definition) is 7. The highest BCUT2D eigenvalue weighted by Gasteiger charge is 2.19. The Morgan fingerprint density at radius 3 is 2.63 bits per heavy atom. The molecule has 0 unspecified atom stereocenters. The van der Waals surface area contributed by atoms with Gasteiger partial charge in [-0.05, 0) is 0 Å². The highest BCUT2D eigenvalue weighted by molar-refractivity contribution is 5.78. The minimum absolute atomic E-state index is 0.124. The van der Waals surface area contributed by atoms with E-state index in [2.05, 4.69) is 15.2 Å². The van der Waals surface area contributed by atoms with Crippen molar-refractivity contribution in [2.24, 2.45) is 14.1 Å². The fourth-order valence-electron chi connectivity index (χ4n) is 3.59. The Balaban J connectivity index is 1.63. The molecule has 0 atom stereocenters. The van der Waals surface area contributed by atoms with Gasteiger partial charge >= 0.3 is 5.69 Å². The van der Waals surface area contributed by atoms with E-state index in [1.54, 1.807) is 0 Å². The summed E-state index contributed by atoms with van der Waals surface area (Å²) in [6.07, 6.45) is 1.42. The predicted octanol–water partition coefficient (Wildman–Crippen LogP) is -2.50. The summed E-state index contributed by atoms with van der Waals surface area (Å²) in [6.45, 7) is 3.90. The number of amides is 1. The second kappa shape index (κ2) is 7.88. The first-order chi connectivity index (χ1) is 14.4. The van der Waals surface area contributed by atoms with Crippen molar-refractivity contribution >= 4 is 22.8 Å². The van der Waals surface area contributed by atoms with Crippen LogP contribution in [0.2, 0.25) is 0 Å². The molecule has 0 aliphatic carbocycles. The summed E-state index contributed by atoms with van der Waals surface area (Å²) in [5, 5.41) is 2.81. The normalized spacial score (nSPS) is 15.1. The molecule has 1 fully saturated rings. The maximum Gasteiger partial charge on any atom is 0.332 e. The highest BCUT2D eigenvalue weighted by atomic mass is 16.5. The van der Waals surface area contributed by atoms with Crippen molar-refractivity contribution in [1.82, 2.24) is 33.3 Å². The van der Waals surface area contributed by atoms with E-state index in [0.717, 1.165) is 17.7 Å². The molecule has 4 heterocycles. The minimum atomic E-state index is -0.527. The maximum atomic E-state index is 12.6. The summed E-state index contributed by atoms with van der Waals surface area (Å²) in [5.41, 5.74) is -1.17. The van der Waals surface area contributed by atoms with Gasteiger partial charge in [-0.1, -0.05) is 0 Å². The number of fused-ring (bicyclic) bond motifs is 3. The number of morpholine rings is 1. The van der Waals surface area contributed by atoms with Gasteiger partial charge in [-0.15, -0.1) is 0 Å². The molecule has 0 spiro atoms. The molecule has 1 aliphatic heterocycles. The van der Waals surface area contributed by atoms with E-state index in [-0.39, 0.29) is 29.4 Å². The van der Waals surface area contributed by atoms with Crippen LogP contribution in [0.5, 0.6) is 0 Å². The third-order valence-corrected chi connectivity index (χ3v) is 5.30. The van der Waals surface area contributed by atoms with Crippen LogP contribution in [0.1, 0.15) is 0 Å². The van der Waals surface area contributed by atoms with Crippen LogP contribution in [0.3, 0.4) is 0 Å². The van der Waals surface area contributed by atoms with Crippen molar-refractivity contribution in [2.45, 2.75) is 6.54 Å². The SMILES string of the molecule is Cn1c(=O)c2c(nc3n(CC(=O)NCCN4CCOCC4)c(=O)ccn23)n(C)c1=O. The summed E-state index contributed by atoms with van der Waals surface area (Å²) in [5.74, 6) is -0.216. The number of ether oxygens (including phenoxy) is 1. The summed E-state index contributed by atoms with van der Waals surface area (Å²) in [7, 11) is 2.87. The maximum absolute atomic E-state index is 12.6.